The fourth-order valence-electron chi connectivity index (χ4n) is 1.42. The van der Waals surface area contributed by atoms with E-state index in [-0.39, 0.29) is 6.03 Å². The number of urea groups is 1. The predicted octanol–water partition coefficient (Wildman–Crippen LogP) is -0.251. The Labute approximate surface area is 66.7 Å². The van der Waals surface area contributed by atoms with Gasteiger partial charge >= 0.3 is 6.03 Å². The lowest BCUT2D eigenvalue weighted by Gasteiger charge is -2.34. The fourth-order valence-corrected chi connectivity index (χ4v) is 1.42. The second kappa shape index (κ2) is 3.57. The molecule has 1 saturated heterocycles. The zero-order valence-corrected chi connectivity index (χ0v) is 6.84. The minimum absolute atomic E-state index is 0.293. The Morgan fingerprint density at radius 1 is 1.82 bits per heavy atom. The third-order valence-electron chi connectivity index (χ3n) is 2.10. The second-order valence-corrected chi connectivity index (χ2v) is 2.80. The first-order chi connectivity index (χ1) is 5.25. The summed E-state index contributed by atoms with van der Waals surface area (Å²) < 4.78 is 0. The number of carbonyl (C=O) groups excluding carboxylic acids is 1. The van der Waals surface area contributed by atoms with Gasteiger partial charge in [-0.1, -0.05) is 6.92 Å². The molecule has 4 heteroatoms. The molecule has 1 unspecified atom stereocenters. The van der Waals surface area contributed by atoms with Crippen molar-refractivity contribution in [2.24, 2.45) is 5.73 Å². The lowest BCUT2D eigenvalue weighted by atomic mass is 10.1. The summed E-state index contributed by atoms with van der Waals surface area (Å²) in [6.45, 7) is 4.54. The molecule has 0 aliphatic carbocycles. The first-order valence-corrected chi connectivity index (χ1v) is 4.02. The molecule has 0 bridgehead atoms. The van der Waals surface area contributed by atoms with Crippen LogP contribution in [0.1, 0.15) is 13.3 Å². The molecule has 0 radical (unpaired) electrons. The molecule has 0 aromatic heterocycles. The van der Waals surface area contributed by atoms with E-state index in [1.807, 2.05) is 0 Å². The molecule has 64 valence electrons. The molecule has 0 aromatic rings. The maximum Gasteiger partial charge on any atom is 0.315 e. The Hall–Kier alpha value is -0.770. The van der Waals surface area contributed by atoms with Gasteiger partial charge in [0.15, 0.2) is 0 Å². The van der Waals surface area contributed by atoms with E-state index in [1.165, 1.54) is 0 Å². The number of piperazine rings is 1. The summed E-state index contributed by atoms with van der Waals surface area (Å²) in [4.78, 5) is 12.6. The number of hydrogen-bond donors (Lipinski definition) is 2. The van der Waals surface area contributed by atoms with E-state index in [9.17, 15) is 4.79 Å². The SMILES string of the molecule is CCC1CNCCN1C(N)=O. The highest BCUT2D eigenvalue weighted by molar-refractivity contribution is 5.72. The first kappa shape index (κ1) is 8.33. The monoisotopic (exact) mass is 157 g/mol. The van der Waals surface area contributed by atoms with Gasteiger partial charge in [-0.15, -0.1) is 0 Å². The lowest BCUT2D eigenvalue weighted by molar-refractivity contribution is 0.164. The molecule has 1 aliphatic rings. The number of nitrogens with zero attached hydrogens (tertiary/aromatic N) is 1. The van der Waals surface area contributed by atoms with E-state index in [1.54, 1.807) is 4.90 Å². The van der Waals surface area contributed by atoms with E-state index in [0.29, 0.717) is 6.04 Å². The van der Waals surface area contributed by atoms with Crippen LogP contribution in [0.5, 0.6) is 0 Å². The molecular weight excluding hydrogens is 142 g/mol. The van der Waals surface area contributed by atoms with Crippen molar-refractivity contribution in [1.82, 2.24) is 10.2 Å². The Kier molecular flexibility index (Phi) is 2.70. The molecule has 3 N–H and O–H groups in total. The van der Waals surface area contributed by atoms with Gasteiger partial charge in [0.05, 0.1) is 0 Å². The Balaban J connectivity index is 2.51. The van der Waals surface area contributed by atoms with Crippen molar-refractivity contribution in [3.8, 4) is 0 Å². The zero-order valence-electron chi connectivity index (χ0n) is 6.84. The van der Waals surface area contributed by atoms with Gasteiger partial charge in [-0.05, 0) is 6.42 Å². The van der Waals surface area contributed by atoms with Gasteiger partial charge in [0.25, 0.3) is 0 Å². The molecule has 0 aromatic carbocycles. The molecule has 2 amide bonds. The van der Waals surface area contributed by atoms with Crippen LogP contribution in [0.4, 0.5) is 4.79 Å². The van der Waals surface area contributed by atoms with Gasteiger partial charge < -0.3 is 16.0 Å². The summed E-state index contributed by atoms with van der Waals surface area (Å²) >= 11 is 0. The van der Waals surface area contributed by atoms with Crippen LogP contribution in [-0.2, 0) is 0 Å². The van der Waals surface area contributed by atoms with Crippen molar-refractivity contribution in [2.45, 2.75) is 19.4 Å². The molecule has 1 aliphatic heterocycles. The third kappa shape index (κ3) is 1.83. The van der Waals surface area contributed by atoms with Crippen LogP contribution in [0, 0.1) is 0 Å². The van der Waals surface area contributed by atoms with Gasteiger partial charge in [-0.25, -0.2) is 4.79 Å². The molecular formula is C7H15N3O. The van der Waals surface area contributed by atoms with Crippen molar-refractivity contribution in [1.29, 1.82) is 0 Å². The zero-order chi connectivity index (χ0) is 8.27. The summed E-state index contributed by atoms with van der Waals surface area (Å²) in [5, 5.41) is 3.22. The predicted molar refractivity (Wildman–Crippen MR) is 43.2 cm³/mol. The van der Waals surface area contributed by atoms with E-state index < -0.39 is 0 Å². The highest BCUT2D eigenvalue weighted by Crippen LogP contribution is 2.05. The number of rotatable bonds is 1. The standard InChI is InChI=1S/C7H15N3O/c1-2-6-5-9-3-4-10(6)7(8)11/h6,9H,2-5H2,1H3,(H2,8,11). The van der Waals surface area contributed by atoms with Crippen LogP contribution in [0.25, 0.3) is 0 Å². The minimum Gasteiger partial charge on any atom is -0.351 e. The smallest absolute Gasteiger partial charge is 0.315 e. The molecule has 1 rings (SSSR count). The largest absolute Gasteiger partial charge is 0.351 e. The van der Waals surface area contributed by atoms with Crippen LogP contribution in [0.15, 0.2) is 0 Å². The Bertz CT molecular complexity index is 149. The van der Waals surface area contributed by atoms with E-state index in [2.05, 4.69) is 12.2 Å². The van der Waals surface area contributed by atoms with Gasteiger partial charge in [0, 0.05) is 25.7 Å². The number of primary amides is 1. The number of nitrogens with two attached hydrogens (primary N) is 1. The quantitative estimate of drug-likeness (QED) is 0.551. The highest BCUT2D eigenvalue weighted by Gasteiger charge is 2.22. The number of carbonyl (C=O) groups is 1. The van der Waals surface area contributed by atoms with Crippen LogP contribution in [0.3, 0.4) is 0 Å². The van der Waals surface area contributed by atoms with Crippen LogP contribution < -0.4 is 11.1 Å². The van der Waals surface area contributed by atoms with E-state index in [0.717, 1.165) is 26.1 Å². The first-order valence-electron chi connectivity index (χ1n) is 4.02. The van der Waals surface area contributed by atoms with Crippen molar-refractivity contribution in [3.63, 3.8) is 0 Å². The summed E-state index contributed by atoms with van der Waals surface area (Å²) in [5.41, 5.74) is 5.19. The van der Waals surface area contributed by atoms with Gasteiger partial charge in [0.1, 0.15) is 0 Å². The average Bonchev–Trinajstić information content (AvgIpc) is 2.04. The topological polar surface area (TPSA) is 58.4 Å². The molecule has 0 spiro atoms. The van der Waals surface area contributed by atoms with Crippen molar-refractivity contribution in [2.75, 3.05) is 19.6 Å². The number of amides is 2. The van der Waals surface area contributed by atoms with Gasteiger partial charge in [0.2, 0.25) is 0 Å². The Morgan fingerprint density at radius 2 is 2.55 bits per heavy atom. The van der Waals surface area contributed by atoms with Gasteiger partial charge in [-0.2, -0.15) is 0 Å². The fraction of sp³-hybridized carbons (Fsp3) is 0.857. The molecule has 1 atom stereocenters. The summed E-state index contributed by atoms with van der Waals surface area (Å²) in [7, 11) is 0. The van der Waals surface area contributed by atoms with E-state index in [4.69, 9.17) is 5.73 Å². The van der Waals surface area contributed by atoms with Crippen molar-refractivity contribution < 1.29 is 4.79 Å². The molecule has 11 heavy (non-hydrogen) atoms. The van der Waals surface area contributed by atoms with Crippen LogP contribution in [0.2, 0.25) is 0 Å². The highest BCUT2D eigenvalue weighted by atomic mass is 16.2. The number of nitrogens with one attached hydrogen (secondary N) is 1. The second-order valence-electron chi connectivity index (χ2n) is 2.80. The van der Waals surface area contributed by atoms with Crippen molar-refractivity contribution in [3.05, 3.63) is 0 Å². The van der Waals surface area contributed by atoms with E-state index >= 15 is 0 Å². The summed E-state index contributed by atoms with van der Waals surface area (Å²) in [6.07, 6.45) is 0.968. The van der Waals surface area contributed by atoms with Gasteiger partial charge in [-0.3, -0.25) is 0 Å². The number of hydrogen-bond acceptors (Lipinski definition) is 2. The Morgan fingerprint density at radius 3 is 3.00 bits per heavy atom. The molecule has 1 fully saturated rings. The average molecular weight is 157 g/mol. The summed E-state index contributed by atoms with van der Waals surface area (Å²) in [5.74, 6) is 0. The summed E-state index contributed by atoms with van der Waals surface area (Å²) in [6, 6.07) is -0.000370. The normalized spacial score (nSPS) is 25.2. The minimum atomic E-state index is -0.293. The maximum absolute atomic E-state index is 10.8. The van der Waals surface area contributed by atoms with Crippen LogP contribution >= 0.6 is 0 Å². The molecule has 4 nitrogen and oxygen atoms in total. The van der Waals surface area contributed by atoms with Crippen molar-refractivity contribution >= 4 is 6.03 Å². The van der Waals surface area contributed by atoms with Crippen LogP contribution in [-0.4, -0.2) is 36.6 Å². The molecule has 0 saturated carbocycles. The molecule has 1 heterocycles. The lowest BCUT2D eigenvalue weighted by Crippen LogP contribution is -2.55. The maximum atomic E-state index is 10.8. The third-order valence-corrected chi connectivity index (χ3v) is 2.10.